The van der Waals surface area contributed by atoms with Gasteiger partial charge in [-0.25, -0.2) is 9.97 Å². The van der Waals surface area contributed by atoms with Crippen molar-refractivity contribution in [3.05, 3.63) is 216 Å². The van der Waals surface area contributed by atoms with Gasteiger partial charge in [-0.05, 0) is 85.6 Å². The Morgan fingerprint density at radius 3 is 1.39 bits per heavy atom. The van der Waals surface area contributed by atoms with Gasteiger partial charge in [0.25, 0.3) is 0 Å². The summed E-state index contributed by atoms with van der Waals surface area (Å²) in [4.78, 5) is 10.5. The van der Waals surface area contributed by atoms with Gasteiger partial charge in [0.1, 0.15) is 0 Å². The van der Waals surface area contributed by atoms with E-state index in [1.165, 1.54) is 44.2 Å². The molecule has 0 aliphatic heterocycles. The van der Waals surface area contributed by atoms with Crippen molar-refractivity contribution >= 4 is 21.8 Å². The minimum atomic E-state index is -0.491. The topological polar surface area (TPSA) is 25.8 Å². The van der Waals surface area contributed by atoms with Crippen molar-refractivity contribution in [1.82, 2.24) is 9.97 Å². The van der Waals surface area contributed by atoms with Crippen LogP contribution in [-0.2, 0) is 5.41 Å². The van der Waals surface area contributed by atoms with Crippen molar-refractivity contribution in [2.45, 2.75) is 5.41 Å². The zero-order valence-electron chi connectivity index (χ0n) is 27.9. The molecule has 0 fully saturated rings. The molecule has 0 bridgehead atoms. The number of benzene rings is 8. The molecule has 0 atom stereocenters. The third-order valence-electron chi connectivity index (χ3n) is 10.5. The maximum atomic E-state index is 5.31. The van der Waals surface area contributed by atoms with E-state index < -0.39 is 5.41 Å². The Hall–Kier alpha value is -6.64. The first kappa shape index (κ1) is 29.3. The summed E-state index contributed by atoms with van der Waals surface area (Å²) in [5, 5.41) is 2.50. The van der Waals surface area contributed by atoms with Gasteiger partial charge in [-0.15, -0.1) is 0 Å². The van der Waals surface area contributed by atoms with Gasteiger partial charge in [-0.3, -0.25) is 0 Å². The number of aromatic nitrogens is 2. The van der Waals surface area contributed by atoms with E-state index in [9.17, 15) is 0 Å². The lowest BCUT2D eigenvalue weighted by Gasteiger charge is -2.34. The first-order chi connectivity index (χ1) is 25.3. The molecule has 10 rings (SSSR count). The Bertz CT molecular complexity index is 2680. The fourth-order valence-electron chi connectivity index (χ4n) is 8.18. The molecule has 0 saturated heterocycles. The SMILES string of the molecule is c1ccc(-c2nc3ccc(-c4ccc5c(c4)C(c4ccccc4)(c4ccccc4)c4cc6ccccc6cc4-5)cc3nc2-c2ccccc2)cc1. The number of fused-ring (bicyclic) bond motifs is 5. The smallest absolute Gasteiger partial charge is 0.0973 e. The molecule has 2 heteroatoms. The molecule has 51 heavy (non-hydrogen) atoms. The first-order valence-corrected chi connectivity index (χ1v) is 17.5. The highest BCUT2D eigenvalue weighted by Crippen LogP contribution is 2.57. The molecular formula is C49H32N2. The van der Waals surface area contributed by atoms with Crippen LogP contribution in [0.1, 0.15) is 22.3 Å². The molecule has 1 aliphatic carbocycles. The van der Waals surface area contributed by atoms with Crippen LogP contribution < -0.4 is 0 Å². The molecule has 0 saturated carbocycles. The molecule has 1 aromatic heterocycles. The van der Waals surface area contributed by atoms with Crippen molar-refractivity contribution < 1.29 is 0 Å². The normalized spacial score (nSPS) is 12.9. The lowest BCUT2D eigenvalue weighted by molar-refractivity contribution is 0.770. The van der Waals surface area contributed by atoms with Gasteiger partial charge in [-0.2, -0.15) is 0 Å². The second-order valence-corrected chi connectivity index (χ2v) is 13.3. The average Bonchev–Trinajstić information content (AvgIpc) is 3.49. The van der Waals surface area contributed by atoms with E-state index in [4.69, 9.17) is 9.97 Å². The molecule has 2 nitrogen and oxygen atoms in total. The summed E-state index contributed by atoms with van der Waals surface area (Å²) in [5.41, 5.74) is 15.1. The minimum Gasteiger partial charge on any atom is -0.244 e. The van der Waals surface area contributed by atoms with E-state index in [1.54, 1.807) is 0 Å². The van der Waals surface area contributed by atoms with E-state index in [2.05, 4.69) is 182 Å². The molecule has 9 aromatic rings. The Morgan fingerprint density at radius 2 is 0.784 bits per heavy atom. The molecular weight excluding hydrogens is 617 g/mol. The van der Waals surface area contributed by atoms with Crippen LogP contribution in [0.2, 0.25) is 0 Å². The summed E-state index contributed by atoms with van der Waals surface area (Å²) < 4.78 is 0. The molecule has 8 aromatic carbocycles. The van der Waals surface area contributed by atoms with Gasteiger partial charge < -0.3 is 0 Å². The molecule has 1 heterocycles. The zero-order chi connectivity index (χ0) is 33.8. The highest BCUT2D eigenvalue weighted by atomic mass is 14.8. The fourth-order valence-corrected chi connectivity index (χ4v) is 8.18. The fraction of sp³-hybridized carbons (Fsp3) is 0.0204. The van der Waals surface area contributed by atoms with E-state index >= 15 is 0 Å². The van der Waals surface area contributed by atoms with Gasteiger partial charge >= 0.3 is 0 Å². The Morgan fingerprint density at radius 1 is 0.314 bits per heavy atom. The van der Waals surface area contributed by atoms with E-state index in [0.29, 0.717) is 0 Å². The Balaban J connectivity index is 1.21. The van der Waals surface area contributed by atoms with Crippen LogP contribution in [0.15, 0.2) is 194 Å². The standard InChI is InChI=1S/C49H32N2/c1-5-15-33(16-6-1)47-48(34-17-7-2-8-18-34)51-46-32-38(26-28-45(46)50-47)37-25-27-41-42-29-35-19-13-14-20-36(35)30-44(42)49(43(41)31-37,39-21-9-3-10-22-39)40-23-11-4-12-24-40/h1-32H. The molecule has 0 spiro atoms. The lowest BCUT2D eigenvalue weighted by atomic mass is 9.67. The van der Waals surface area contributed by atoms with E-state index in [1.807, 2.05) is 12.1 Å². The van der Waals surface area contributed by atoms with Gasteiger partial charge in [0.05, 0.1) is 27.8 Å². The maximum Gasteiger partial charge on any atom is 0.0973 e. The summed E-state index contributed by atoms with van der Waals surface area (Å²) in [6.07, 6.45) is 0. The number of hydrogen-bond donors (Lipinski definition) is 0. The number of rotatable bonds is 5. The van der Waals surface area contributed by atoms with Crippen LogP contribution >= 0.6 is 0 Å². The lowest BCUT2D eigenvalue weighted by Crippen LogP contribution is -2.28. The highest BCUT2D eigenvalue weighted by Gasteiger charge is 2.46. The van der Waals surface area contributed by atoms with Crippen LogP contribution in [0, 0.1) is 0 Å². The van der Waals surface area contributed by atoms with Crippen LogP contribution in [0.25, 0.3) is 66.6 Å². The third-order valence-corrected chi connectivity index (χ3v) is 10.5. The molecule has 0 amide bonds. The zero-order valence-corrected chi connectivity index (χ0v) is 27.9. The number of hydrogen-bond acceptors (Lipinski definition) is 2. The van der Waals surface area contributed by atoms with Gasteiger partial charge in [0.15, 0.2) is 0 Å². The molecule has 0 N–H and O–H groups in total. The quantitative estimate of drug-likeness (QED) is 0.186. The van der Waals surface area contributed by atoms with E-state index in [0.717, 1.165) is 44.7 Å². The minimum absolute atomic E-state index is 0.491. The average molecular weight is 649 g/mol. The van der Waals surface area contributed by atoms with Crippen LogP contribution in [0.5, 0.6) is 0 Å². The molecule has 1 aliphatic rings. The summed E-state index contributed by atoms with van der Waals surface area (Å²) in [7, 11) is 0. The second-order valence-electron chi connectivity index (χ2n) is 13.3. The van der Waals surface area contributed by atoms with Crippen molar-refractivity contribution in [3.8, 4) is 44.8 Å². The maximum absolute atomic E-state index is 5.31. The summed E-state index contributed by atoms with van der Waals surface area (Å²) in [5.74, 6) is 0. The van der Waals surface area contributed by atoms with E-state index in [-0.39, 0.29) is 0 Å². The van der Waals surface area contributed by atoms with Crippen molar-refractivity contribution in [3.63, 3.8) is 0 Å². The Labute approximate surface area is 297 Å². The van der Waals surface area contributed by atoms with Crippen LogP contribution in [-0.4, -0.2) is 9.97 Å². The van der Waals surface area contributed by atoms with Crippen molar-refractivity contribution in [2.75, 3.05) is 0 Å². The monoisotopic (exact) mass is 648 g/mol. The summed E-state index contributed by atoms with van der Waals surface area (Å²) in [6, 6.07) is 69.8. The Kier molecular flexibility index (Phi) is 6.75. The predicted molar refractivity (Wildman–Crippen MR) is 211 cm³/mol. The van der Waals surface area contributed by atoms with Crippen molar-refractivity contribution in [1.29, 1.82) is 0 Å². The predicted octanol–water partition coefficient (Wildman–Crippen LogP) is 12.1. The molecule has 238 valence electrons. The van der Waals surface area contributed by atoms with Crippen molar-refractivity contribution in [2.24, 2.45) is 0 Å². The van der Waals surface area contributed by atoms with Crippen LogP contribution in [0.3, 0.4) is 0 Å². The summed E-state index contributed by atoms with van der Waals surface area (Å²) in [6.45, 7) is 0. The van der Waals surface area contributed by atoms with Gasteiger partial charge in [-0.1, -0.05) is 164 Å². The van der Waals surface area contributed by atoms with Gasteiger partial charge in [0.2, 0.25) is 0 Å². The largest absolute Gasteiger partial charge is 0.244 e. The van der Waals surface area contributed by atoms with Gasteiger partial charge in [0, 0.05) is 11.1 Å². The highest BCUT2D eigenvalue weighted by molar-refractivity contribution is 5.97. The molecule has 0 unspecified atom stereocenters. The summed E-state index contributed by atoms with van der Waals surface area (Å²) >= 11 is 0. The first-order valence-electron chi connectivity index (χ1n) is 17.5. The number of nitrogens with zero attached hydrogens (tertiary/aromatic N) is 2. The van der Waals surface area contributed by atoms with Crippen LogP contribution in [0.4, 0.5) is 0 Å². The molecule has 0 radical (unpaired) electrons. The third kappa shape index (κ3) is 4.65. The second kappa shape index (κ2) is 11.8.